The standard InChI is InChI=1S/C12H11N5OS/c1-19-12-9(4-13)11(15-8-2-3-8)17-10(16-12)7(6-18)5-14-17/h5-6,8,15H,2-3H2,1H3. The fourth-order valence-electron chi connectivity index (χ4n) is 1.88. The van der Waals surface area contributed by atoms with Crippen LogP contribution in [0.25, 0.3) is 5.65 Å². The summed E-state index contributed by atoms with van der Waals surface area (Å²) in [5, 5.41) is 17.4. The van der Waals surface area contributed by atoms with Gasteiger partial charge in [0, 0.05) is 6.04 Å². The van der Waals surface area contributed by atoms with Gasteiger partial charge in [0.2, 0.25) is 0 Å². The third kappa shape index (κ3) is 1.94. The third-order valence-corrected chi connectivity index (χ3v) is 3.67. The van der Waals surface area contributed by atoms with Crippen LogP contribution in [0.15, 0.2) is 11.2 Å². The van der Waals surface area contributed by atoms with Crippen LogP contribution in [0.3, 0.4) is 0 Å². The molecule has 2 aromatic rings. The lowest BCUT2D eigenvalue weighted by atomic mass is 10.3. The Morgan fingerprint density at radius 3 is 3.00 bits per heavy atom. The van der Waals surface area contributed by atoms with Crippen molar-refractivity contribution in [3.8, 4) is 6.07 Å². The van der Waals surface area contributed by atoms with Gasteiger partial charge in [-0.05, 0) is 19.1 Å². The zero-order chi connectivity index (χ0) is 13.4. The molecule has 1 aliphatic rings. The molecule has 0 unspecified atom stereocenters. The maximum absolute atomic E-state index is 11.0. The molecule has 2 heterocycles. The van der Waals surface area contributed by atoms with Gasteiger partial charge in [-0.3, -0.25) is 4.79 Å². The molecule has 0 spiro atoms. The molecule has 96 valence electrons. The number of aldehydes is 1. The highest BCUT2D eigenvalue weighted by molar-refractivity contribution is 7.98. The van der Waals surface area contributed by atoms with Gasteiger partial charge in [-0.1, -0.05) is 0 Å². The smallest absolute Gasteiger partial charge is 0.169 e. The number of carbonyl (C=O) groups excluding carboxylic acids is 1. The van der Waals surface area contributed by atoms with Crippen LogP contribution in [0.1, 0.15) is 28.8 Å². The van der Waals surface area contributed by atoms with Crippen LogP contribution in [0, 0.1) is 11.3 Å². The second kappa shape index (κ2) is 4.55. The number of nitrogens with zero attached hydrogens (tertiary/aromatic N) is 4. The summed E-state index contributed by atoms with van der Waals surface area (Å²) in [6.07, 6.45) is 6.23. The quantitative estimate of drug-likeness (QED) is 0.518. The molecule has 7 heteroatoms. The van der Waals surface area contributed by atoms with E-state index >= 15 is 0 Å². The zero-order valence-electron chi connectivity index (χ0n) is 10.3. The summed E-state index contributed by atoms with van der Waals surface area (Å²) in [5.41, 5.74) is 1.40. The predicted octanol–water partition coefficient (Wildman–Crippen LogP) is 1.71. The fourth-order valence-corrected chi connectivity index (χ4v) is 2.40. The molecule has 0 aliphatic heterocycles. The van der Waals surface area contributed by atoms with Gasteiger partial charge in [0.1, 0.15) is 16.7 Å². The molecule has 0 amide bonds. The van der Waals surface area contributed by atoms with E-state index in [1.807, 2.05) is 6.26 Å². The van der Waals surface area contributed by atoms with E-state index in [9.17, 15) is 10.1 Å². The maximum Gasteiger partial charge on any atom is 0.169 e. The molecule has 1 saturated carbocycles. The summed E-state index contributed by atoms with van der Waals surface area (Å²) >= 11 is 1.39. The van der Waals surface area contributed by atoms with E-state index in [0.29, 0.717) is 33.7 Å². The SMILES string of the molecule is CSc1nc2c(C=O)cnn2c(NC2CC2)c1C#N. The first-order chi connectivity index (χ1) is 9.28. The van der Waals surface area contributed by atoms with Crippen LogP contribution in [-0.2, 0) is 0 Å². The van der Waals surface area contributed by atoms with E-state index in [1.54, 1.807) is 4.52 Å². The first-order valence-corrected chi connectivity index (χ1v) is 7.08. The Morgan fingerprint density at radius 1 is 1.63 bits per heavy atom. The summed E-state index contributed by atoms with van der Waals surface area (Å²) in [6, 6.07) is 2.56. The largest absolute Gasteiger partial charge is 0.366 e. The van der Waals surface area contributed by atoms with E-state index in [0.717, 1.165) is 19.1 Å². The summed E-state index contributed by atoms with van der Waals surface area (Å²) < 4.78 is 1.54. The fraction of sp³-hybridized carbons (Fsp3) is 0.333. The molecule has 6 nitrogen and oxygen atoms in total. The van der Waals surface area contributed by atoms with Gasteiger partial charge in [0.25, 0.3) is 0 Å². The van der Waals surface area contributed by atoms with Gasteiger partial charge in [-0.25, -0.2) is 4.98 Å². The summed E-state index contributed by atoms with van der Waals surface area (Å²) in [7, 11) is 0. The topological polar surface area (TPSA) is 83.1 Å². The molecule has 19 heavy (non-hydrogen) atoms. The minimum atomic E-state index is 0.385. The highest BCUT2D eigenvalue weighted by Gasteiger charge is 2.26. The second-order valence-corrected chi connectivity index (χ2v) is 5.12. The van der Waals surface area contributed by atoms with Gasteiger partial charge in [0.15, 0.2) is 17.8 Å². The van der Waals surface area contributed by atoms with Crippen molar-refractivity contribution in [1.29, 1.82) is 5.26 Å². The van der Waals surface area contributed by atoms with Gasteiger partial charge in [-0.2, -0.15) is 14.9 Å². The maximum atomic E-state index is 11.0. The van der Waals surface area contributed by atoms with Crippen LogP contribution >= 0.6 is 11.8 Å². The van der Waals surface area contributed by atoms with E-state index in [-0.39, 0.29) is 0 Å². The lowest BCUT2D eigenvalue weighted by molar-refractivity contribution is 0.112. The average molecular weight is 273 g/mol. The molecular weight excluding hydrogens is 262 g/mol. The molecule has 0 atom stereocenters. The molecular formula is C12H11N5OS. The molecule has 1 N–H and O–H groups in total. The van der Waals surface area contributed by atoms with Crippen LogP contribution in [-0.4, -0.2) is 33.2 Å². The first-order valence-electron chi connectivity index (χ1n) is 5.86. The predicted molar refractivity (Wildman–Crippen MR) is 71.5 cm³/mol. The van der Waals surface area contributed by atoms with Crippen molar-refractivity contribution in [2.75, 3.05) is 11.6 Å². The lowest BCUT2D eigenvalue weighted by Gasteiger charge is -2.11. The monoisotopic (exact) mass is 273 g/mol. The minimum absolute atomic E-state index is 0.385. The van der Waals surface area contributed by atoms with Crippen molar-refractivity contribution in [3.05, 3.63) is 17.3 Å². The van der Waals surface area contributed by atoms with Crippen molar-refractivity contribution in [1.82, 2.24) is 14.6 Å². The highest BCUT2D eigenvalue weighted by Crippen LogP contribution is 2.31. The molecule has 1 aliphatic carbocycles. The second-order valence-electron chi connectivity index (χ2n) is 4.33. The highest BCUT2D eigenvalue weighted by atomic mass is 32.2. The number of nitriles is 1. The molecule has 1 fully saturated rings. The number of carbonyl (C=O) groups is 1. The van der Waals surface area contributed by atoms with Crippen molar-refractivity contribution in [2.45, 2.75) is 23.9 Å². The molecule has 0 bridgehead atoms. The number of anilines is 1. The normalized spacial score (nSPS) is 14.3. The summed E-state index contributed by atoms with van der Waals surface area (Å²) in [6.45, 7) is 0. The van der Waals surface area contributed by atoms with Crippen LogP contribution in [0.2, 0.25) is 0 Å². The number of hydrogen-bond acceptors (Lipinski definition) is 6. The average Bonchev–Trinajstić information content (AvgIpc) is 3.15. The Balaban J connectivity index is 2.29. The molecule has 3 rings (SSSR count). The first kappa shape index (κ1) is 12.0. The van der Waals surface area contributed by atoms with E-state index < -0.39 is 0 Å². The van der Waals surface area contributed by atoms with Crippen molar-refractivity contribution in [3.63, 3.8) is 0 Å². The van der Waals surface area contributed by atoms with Crippen LogP contribution < -0.4 is 5.32 Å². The van der Waals surface area contributed by atoms with Crippen LogP contribution in [0.5, 0.6) is 0 Å². The third-order valence-electron chi connectivity index (χ3n) is 2.99. The lowest BCUT2D eigenvalue weighted by Crippen LogP contribution is -2.11. The Labute approximate surface area is 113 Å². The molecule has 0 radical (unpaired) electrons. The number of fused-ring (bicyclic) bond motifs is 1. The van der Waals surface area contributed by atoms with Gasteiger partial charge in [0.05, 0.1) is 11.8 Å². The molecule has 2 aromatic heterocycles. The Kier molecular flexibility index (Phi) is 2.87. The summed E-state index contributed by atoms with van der Waals surface area (Å²) in [4.78, 5) is 15.3. The van der Waals surface area contributed by atoms with E-state index in [1.165, 1.54) is 18.0 Å². The van der Waals surface area contributed by atoms with Gasteiger partial charge < -0.3 is 5.32 Å². The Bertz CT molecular complexity index is 698. The number of thioether (sulfide) groups is 1. The van der Waals surface area contributed by atoms with E-state index in [4.69, 9.17) is 0 Å². The Morgan fingerprint density at radius 2 is 2.42 bits per heavy atom. The number of nitrogens with one attached hydrogen (secondary N) is 1. The zero-order valence-corrected chi connectivity index (χ0v) is 11.1. The summed E-state index contributed by atoms with van der Waals surface area (Å²) in [5.74, 6) is 0.632. The van der Waals surface area contributed by atoms with Gasteiger partial charge in [-0.15, -0.1) is 11.8 Å². The molecule has 0 saturated heterocycles. The van der Waals surface area contributed by atoms with E-state index in [2.05, 4.69) is 21.5 Å². The van der Waals surface area contributed by atoms with Crippen molar-refractivity contribution < 1.29 is 4.79 Å². The van der Waals surface area contributed by atoms with Crippen LogP contribution in [0.4, 0.5) is 5.82 Å². The van der Waals surface area contributed by atoms with Crippen molar-refractivity contribution in [2.24, 2.45) is 0 Å². The number of aromatic nitrogens is 3. The number of rotatable bonds is 4. The number of hydrogen-bond donors (Lipinski definition) is 1. The van der Waals surface area contributed by atoms with Crippen molar-refractivity contribution >= 4 is 29.5 Å². The Hall–Kier alpha value is -2.07. The van der Waals surface area contributed by atoms with Gasteiger partial charge >= 0.3 is 0 Å². The minimum Gasteiger partial charge on any atom is -0.366 e. The molecule has 0 aromatic carbocycles.